The van der Waals surface area contributed by atoms with Gasteiger partial charge < -0.3 is 10.3 Å². The standard InChI is InChI=1S/C13H16FN3/c1-9(2)13-16-6-7-17(13)8-10-4-3-5-11(15)12(10)14/h3-7,9H,8,15H2,1-2H3. The van der Waals surface area contributed by atoms with Crippen molar-refractivity contribution in [2.24, 2.45) is 0 Å². The molecule has 4 heteroatoms. The molecule has 0 amide bonds. The molecule has 0 spiro atoms. The van der Waals surface area contributed by atoms with Crippen molar-refractivity contribution in [2.75, 3.05) is 5.73 Å². The van der Waals surface area contributed by atoms with Crippen LogP contribution < -0.4 is 5.73 Å². The van der Waals surface area contributed by atoms with Crippen molar-refractivity contribution in [1.29, 1.82) is 0 Å². The molecule has 0 unspecified atom stereocenters. The number of anilines is 1. The highest BCUT2D eigenvalue weighted by molar-refractivity contribution is 5.43. The number of benzene rings is 1. The molecule has 0 saturated carbocycles. The lowest BCUT2D eigenvalue weighted by Crippen LogP contribution is -2.08. The molecule has 0 aliphatic heterocycles. The first kappa shape index (κ1) is 11.6. The van der Waals surface area contributed by atoms with Crippen molar-refractivity contribution in [3.05, 3.63) is 47.8 Å². The Hall–Kier alpha value is -1.84. The maximum absolute atomic E-state index is 13.8. The van der Waals surface area contributed by atoms with Crippen LogP contribution in [0, 0.1) is 5.82 Å². The highest BCUT2D eigenvalue weighted by atomic mass is 19.1. The molecule has 3 nitrogen and oxygen atoms in total. The van der Waals surface area contributed by atoms with Gasteiger partial charge in [0.05, 0.1) is 12.2 Å². The third-order valence-corrected chi connectivity index (χ3v) is 2.71. The van der Waals surface area contributed by atoms with E-state index in [9.17, 15) is 4.39 Å². The van der Waals surface area contributed by atoms with E-state index >= 15 is 0 Å². The minimum absolute atomic E-state index is 0.189. The molecular formula is C13H16FN3. The molecule has 0 radical (unpaired) electrons. The number of nitrogen functional groups attached to an aromatic ring is 1. The zero-order chi connectivity index (χ0) is 12.4. The van der Waals surface area contributed by atoms with Gasteiger partial charge in [-0.25, -0.2) is 9.37 Å². The summed E-state index contributed by atoms with van der Waals surface area (Å²) in [5.41, 5.74) is 6.32. The first-order valence-corrected chi connectivity index (χ1v) is 5.63. The van der Waals surface area contributed by atoms with Gasteiger partial charge in [0.15, 0.2) is 5.82 Å². The monoisotopic (exact) mass is 233 g/mol. The fourth-order valence-corrected chi connectivity index (χ4v) is 1.86. The van der Waals surface area contributed by atoms with Crippen LogP contribution in [-0.2, 0) is 6.54 Å². The van der Waals surface area contributed by atoms with E-state index in [-0.39, 0.29) is 11.5 Å². The van der Waals surface area contributed by atoms with E-state index in [1.165, 1.54) is 0 Å². The molecule has 2 rings (SSSR count). The summed E-state index contributed by atoms with van der Waals surface area (Å²) < 4.78 is 15.7. The van der Waals surface area contributed by atoms with Gasteiger partial charge in [-0.3, -0.25) is 0 Å². The molecule has 2 N–H and O–H groups in total. The van der Waals surface area contributed by atoms with E-state index in [1.54, 1.807) is 24.4 Å². The number of rotatable bonds is 3. The predicted octanol–water partition coefficient (Wildman–Crippen LogP) is 2.78. The van der Waals surface area contributed by atoms with Crippen molar-refractivity contribution in [3.8, 4) is 0 Å². The van der Waals surface area contributed by atoms with Gasteiger partial charge in [0.2, 0.25) is 0 Å². The Labute approximate surface area is 100 Å². The Morgan fingerprint density at radius 2 is 2.18 bits per heavy atom. The maximum Gasteiger partial charge on any atom is 0.151 e. The number of hydrogen-bond acceptors (Lipinski definition) is 2. The molecule has 1 aromatic carbocycles. The van der Waals surface area contributed by atoms with Crippen LogP contribution in [0.25, 0.3) is 0 Å². The Morgan fingerprint density at radius 1 is 1.41 bits per heavy atom. The summed E-state index contributed by atoms with van der Waals surface area (Å²) in [5, 5.41) is 0. The number of nitrogens with zero attached hydrogens (tertiary/aromatic N) is 2. The second-order valence-electron chi connectivity index (χ2n) is 4.39. The Kier molecular flexibility index (Phi) is 3.13. The molecule has 2 aromatic rings. The molecule has 0 aliphatic carbocycles. The van der Waals surface area contributed by atoms with E-state index in [2.05, 4.69) is 18.8 Å². The summed E-state index contributed by atoms with van der Waals surface area (Å²) >= 11 is 0. The highest BCUT2D eigenvalue weighted by Gasteiger charge is 2.10. The number of hydrogen-bond donors (Lipinski definition) is 1. The average Bonchev–Trinajstić information content (AvgIpc) is 2.73. The van der Waals surface area contributed by atoms with Gasteiger partial charge in [-0.2, -0.15) is 0 Å². The molecular weight excluding hydrogens is 217 g/mol. The van der Waals surface area contributed by atoms with E-state index in [0.29, 0.717) is 18.0 Å². The largest absolute Gasteiger partial charge is 0.396 e. The van der Waals surface area contributed by atoms with Crippen LogP contribution in [-0.4, -0.2) is 9.55 Å². The van der Waals surface area contributed by atoms with E-state index in [0.717, 1.165) is 5.82 Å². The molecule has 90 valence electrons. The quantitative estimate of drug-likeness (QED) is 0.828. The zero-order valence-corrected chi connectivity index (χ0v) is 10.0. The highest BCUT2D eigenvalue weighted by Crippen LogP contribution is 2.18. The van der Waals surface area contributed by atoms with Crippen molar-refractivity contribution < 1.29 is 4.39 Å². The second kappa shape index (κ2) is 4.57. The van der Waals surface area contributed by atoms with Crippen LogP contribution >= 0.6 is 0 Å². The summed E-state index contributed by atoms with van der Waals surface area (Å²) in [4.78, 5) is 4.27. The third-order valence-electron chi connectivity index (χ3n) is 2.71. The van der Waals surface area contributed by atoms with Crippen LogP contribution in [0.1, 0.15) is 31.2 Å². The van der Waals surface area contributed by atoms with Crippen molar-refractivity contribution in [2.45, 2.75) is 26.3 Å². The lowest BCUT2D eigenvalue weighted by atomic mass is 10.1. The minimum atomic E-state index is -0.337. The predicted molar refractivity (Wildman–Crippen MR) is 66.2 cm³/mol. The number of nitrogens with two attached hydrogens (primary N) is 1. The van der Waals surface area contributed by atoms with Gasteiger partial charge in [0.1, 0.15) is 5.82 Å². The zero-order valence-electron chi connectivity index (χ0n) is 10.0. The summed E-state index contributed by atoms with van der Waals surface area (Å²) in [7, 11) is 0. The van der Waals surface area contributed by atoms with Crippen molar-refractivity contribution in [3.63, 3.8) is 0 Å². The number of imidazole rings is 1. The van der Waals surface area contributed by atoms with E-state index in [1.807, 2.05) is 10.8 Å². The molecule has 0 fully saturated rings. The summed E-state index contributed by atoms with van der Waals surface area (Å²) in [6, 6.07) is 5.08. The maximum atomic E-state index is 13.8. The van der Waals surface area contributed by atoms with Crippen LogP contribution in [0.2, 0.25) is 0 Å². The molecule has 0 bridgehead atoms. The van der Waals surface area contributed by atoms with Crippen LogP contribution in [0.3, 0.4) is 0 Å². The molecule has 17 heavy (non-hydrogen) atoms. The second-order valence-corrected chi connectivity index (χ2v) is 4.39. The molecule has 1 aromatic heterocycles. The molecule has 0 atom stereocenters. The van der Waals surface area contributed by atoms with E-state index < -0.39 is 0 Å². The summed E-state index contributed by atoms with van der Waals surface area (Å²) in [6.07, 6.45) is 3.59. The lowest BCUT2D eigenvalue weighted by Gasteiger charge is -2.11. The van der Waals surface area contributed by atoms with Gasteiger partial charge >= 0.3 is 0 Å². The molecule has 0 aliphatic rings. The van der Waals surface area contributed by atoms with Gasteiger partial charge in [-0.15, -0.1) is 0 Å². The molecule has 1 heterocycles. The smallest absolute Gasteiger partial charge is 0.151 e. The van der Waals surface area contributed by atoms with Crippen molar-refractivity contribution >= 4 is 5.69 Å². The Bertz CT molecular complexity index is 517. The SMILES string of the molecule is CC(C)c1nccn1Cc1cccc(N)c1F. The van der Waals surface area contributed by atoms with Crippen LogP contribution in [0.15, 0.2) is 30.6 Å². The topological polar surface area (TPSA) is 43.8 Å². The number of halogens is 1. The fourth-order valence-electron chi connectivity index (χ4n) is 1.86. The van der Waals surface area contributed by atoms with Gasteiger partial charge in [-0.1, -0.05) is 26.0 Å². The first-order valence-electron chi connectivity index (χ1n) is 5.63. The van der Waals surface area contributed by atoms with Crippen LogP contribution in [0.4, 0.5) is 10.1 Å². The minimum Gasteiger partial charge on any atom is -0.396 e. The fraction of sp³-hybridized carbons (Fsp3) is 0.308. The van der Waals surface area contributed by atoms with E-state index in [4.69, 9.17) is 5.73 Å². The van der Waals surface area contributed by atoms with Crippen LogP contribution in [0.5, 0.6) is 0 Å². The van der Waals surface area contributed by atoms with Gasteiger partial charge in [-0.05, 0) is 6.07 Å². The Morgan fingerprint density at radius 3 is 2.88 bits per heavy atom. The lowest BCUT2D eigenvalue weighted by molar-refractivity contribution is 0.592. The van der Waals surface area contributed by atoms with Gasteiger partial charge in [0, 0.05) is 23.9 Å². The summed E-state index contributed by atoms with van der Waals surface area (Å²) in [5.74, 6) is 0.928. The van der Waals surface area contributed by atoms with Gasteiger partial charge in [0.25, 0.3) is 0 Å². The average molecular weight is 233 g/mol. The summed E-state index contributed by atoms with van der Waals surface area (Å²) in [6.45, 7) is 4.59. The first-order chi connectivity index (χ1) is 8.09. The Balaban J connectivity index is 2.32. The normalized spacial score (nSPS) is 11.1. The molecule has 0 saturated heterocycles. The third kappa shape index (κ3) is 2.30. The van der Waals surface area contributed by atoms with Crippen molar-refractivity contribution in [1.82, 2.24) is 9.55 Å². The number of aromatic nitrogens is 2.